The third-order valence-electron chi connectivity index (χ3n) is 4.56. The molecule has 0 aromatic rings. The van der Waals surface area contributed by atoms with E-state index in [4.69, 9.17) is 25.4 Å². The number of terminal acetylenes is 1. The Morgan fingerprint density at radius 2 is 2.04 bits per heavy atom. The molecule has 9 heteroatoms. The van der Waals surface area contributed by atoms with Crippen LogP contribution in [0.1, 0.15) is 27.2 Å². The number of methoxy groups -OCH3 is 2. The summed E-state index contributed by atoms with van der Waals surface area (Å²) in [7, 11) is 2.41. The summed E-state index contributed by atoms with van der Waals surface area (Å²) in [6.07, 6.45) is 3.65. The number of carbonyl (C=O) groups is 3. The molecule has 4 atom stereocenters. The molecule has 0 aliphatic carbocycles. The molecule has 0 radical (unpaired) electrons. The Hall–Kier alpha value is -2.15. The van der Waals surface area contributed by atoms with Gasteiger partial charge < -0.3 is 24.1 Å². The van der Waals surface area contributed by atoms with Gasteiger partial charge in [0.25, 0.3) is 0 Å². The lowest BCUT2D eigenvalue weighted by Crippen LogP contribution is -2.68. The van der Waals surface area contributed by atoms with Crippen molar-refractivity contribution in [2.75, 3.05) is 20.8 Å². The number of amides is 2. The zero-order valence-corrected chi connectivity index (χ0v) is 15.4. The first-order valence-corrected chi connectivity index (χ1v) is 7.99. The van der Waals surface area contributed by atoms with Gasteiger partial charge in [0, 0.05) is 13.5 Å². The molecule has 2 aliphatic rings. The van der Waals surface area contributed by atoms with Crippen LogP contribution in [0.25, 0.3) is 0 Å². The van der Waals surface area contributed by atoms with Crippen molar-refractivity contribution in [2.24, 2.45) is 5.92 Å². The number of rotatable bonds is 3. The number of imide groups is 1. The van der Waals surface area contributed by atoms with Gasteiger partial charge >= 0.3 is 12.1 Å². The highest BCUT2D eigenvalue weighted by atomic mass is 16.7. The van der Waals surface area contributed by atoms with E-state index in [2.05, 4.69) is 5.92 Å². The van der Waals surface area contributed by atoms with E-state index in [9.17, 15) is 19.5 Å². The minimum absolute atomic E-state index is 0.0115. The number of carbonyl (C=O) groups excluding carboxylic acids is 3. The number of ether oxygens (including phenoxy) is 4. The van der Waals surface area contributed by atoms with Crippen LogP contribution in [-0.4, -0.2) is 71.8 Å². The Morgan fingerprint density at radius 1 is 1.42 bits per heavy atom. The summed E-state index contributed by atoms with van der Waals surface area (Å²) in [6, 6.07) is 0. The van der Waals surface area contributed by atoms with Crippen molar-refractivity contribution in [3.63, 3.8) is 0 Å². The molecule has 2 fully saturated rings. The molecule has 144 valence electrons. The number of esters is 1. The fourth-order valence-corrected chi connectivity index (χ4v) is 3.48. The Balaban J connectivity index is 2.67. The molecule has 1 unspecified atom stereocenters. The van der Waals surface area contributed by atoms with Crippen molar-refractivity contribution in [3.05, 3.63) is 0 Å². The highest BCUT2D eigenvalue weighted by Crippen LogP contribution is 2.53. The van der Waals surface area contributed by atoms with Gasteiger partial charge in [0.1, 0.15) is 5.60 Å². The highest BCUT2D eigenvalue weighted by molar-refractivity contribution is 6.06. The predicted octanol–water partition coefficient (Wildman–Crippen LogP) is 0.0488. The molecule has 9 nitrogen and oxygen atoms in total. The van der Waals surface area contributed by atoms with Crippen molar-refractivity contribution in [1.82, 2.24) is 4.90 Å². The maximum absolute atomic E-state index is 13.0. The summed E-state index contributed by atoms with van der Waals surface area (Å²) < 4.78 is 20.8. The Bertz CT molecular complexity index is 663. The standard InChI is InChI=1S/C17H23NO8/c1-7-17-10(8-11(23-5)25-17)12(20)18(14(22)26-15(2,3)4)16(17,9-19)13(21)24-6/h1,10-11,19H,8-9H2,2-6H3/t10?,11-,16+,17+/m1/s1. The summed E-state index contributed by atoms with van der Waals surface area (Å²) in [6.45, 7) is 3.79. The highest BCUT2D eigenvalue weighted by Gasteiger charge is 2.78. The zero-order chi connectivity index (χ0) is 19.9. The third kappa shape index (κ3) is 2.57. The van der Waals surface area contributed by atoms with Crippen LogP contribution < -0.4 is 0 Å². The van der Waals surface area contributed by atoms with Gasteiger partial charge in [-0.1, -0.05) is 5.92 Å². The van der Waals surface area contributed by atoms with Crippen LogP contribution in [0.3, 0.4) is 0 Å². The lowest BCUT2D eigenvalue weighted by Gasteiger charge is -2.41. The second-order valence-corrected chi connectivity index (χ2v) is 7.12. The molecule has 2 heterocycles. The molecule has 0 spiro atoms. The van der Waals surface area contributed by atoms with Crippen LogP contribution in [-0.2, 0) is 28.5 Å². The number of aliphatic hydroxyl groups is 1. The number of aliphatic hydroxyl groups excluding tert-OH is 1. The summed E-state index contributed by atoms with van der Waals surface area (Å²) in [5, 5.41) is 10.1. The van der Waals surface area contributed by atoms with Crippen molar-refractivity contribution in [2.45, 2.75) is 50.2 Å². The first-order chi connectivity index (χ1) is 12.0. The van der Waals surface area contributed by atoms with Crippen molar-refractivity contribution in [3.8, 4) is 12.3 Å². The SMILES string of the molecule is C#C[C@]12O[C@@H](OC)CC1C(=O)N(C(=O)OC(C)(C)C)[C@@]2(CO)C(=O)OC. The molecule has 26 heavy (non-hydrogen) atoms. The van der Waals surface area contributed by atoms with Gasteiger partial charge in [0.15, 0.2) is 11.9 Å². The van der Waals surface area contributed by atoms with Gasteiger partial charge in [-0.3, -0.25) is 4.79 Å². The second-order valence-electron chi connectivity index (χ2n) is 7.12. The summed E-state index contributed by atoms with van der Waals surface area (Å²) in [4.78, 5) is 38.9. The number of hydrogen-bond donors (Lipinski definition) is 1. The molecule has 2 rings (SSSR count). The minimum Gasteiger partial charge on any atom is -0.467 e. The van der Waals surface area contributed by atoms with E-state index in [1.807, 2.05) is 0 Å². The topological polar surface area (TPSA) is 112 Å². The quantitative estimate of drug-likeness (QED) is 0.549. The van der Waals surface area contributed by atoms with E-state index >= 15 is 0 Å². The van der Waals surface area contributed by atoms with Crippen LogP contribution in [0.5, 0.6) is 0 Å². The molecule has 1 N–H and O–H groups in total. The molecule has 2 amide bonds. The molecule has 0 aromatic carbocycles. The minimum atomic E-state index is -2.28. The summed E-state index contributed by atoms with van der Waals surface area (Å²) in [5.41, 5.74) is -5.18. The van der Waals surface area contributed by atoms with Gasteiger partial charge in [-0.05, 0) is 20.8 Å². The molecular weight excluding hydrogens is 346 g/mol. The Morgan fingerprint density at radius 3 is 2.46 bits per heavy atom. The van der Waals surface area contributed by atoms with Gasteiger partial charge in [-0.2, -0.15) is 0 Å². The summed E-state index contributed by atoms with van der Waals surface area (Å²) in [5.74, 6) is -0.663. The number of likely N-dealkylation sites (tertiary alicyclic amines) is 1. The molecular formula is C17H23NO8. The van der Waals surface area contributed by atoms with Crippen molar-refractivity contribution < 1.29 is 38.4 Å². The average Bonchev–Trinajstić information content (AvgIpc) is 3.05. The van der Waals surface area contributed by atoms with Crippen LogP contribution in [0.2, 0.25) is 0 Å². The number of nitrogens with zero attached hydrogens (tertiary/aromatic N) is 1. The first kappa shape index (κ1) is 20.2. The van der Waals surface area contributed by atoms with Gasteiger partial charge in [-0.25, -0.2) is 14.5 Å². The van der Waals surface area contributed by atoms with Gasteiger partial charge in [0.2, 0.25) is 11.4 Å². The van der Waals surface area contributed by atoms with Crippen LogP contribution >= 0.6 is 0 Å². The van der Waals surface area contributed by atoms with Crippen molar-refractivity contribution >= 4 is 18.0 Å². The molecule has 2 aliphatic heterocycles. The lowest BCUT2D eigenvalue weighted by molar-refractivity contribution is -0.194. The average molecular weight is 369 g/mol. The lowest BCUT2D eigenvalue weighted by atomic mass is 9.76. The maximum Gasteiger partial charge on any atom is 0.418 e. The van der Waals surface area contributed by atoms with Crippen LogP contribution in [0.4, 0.5) is 4.79 Å². The number of fused-ring (bicyclic) bond motifs is 1. The van der Waals surface area contributed by atoms with E-state index in [0.29, 0.717) is 4.90 Å². The molecule has 2 saturated heterocycles. The Kier molecular flexibility index (Phi) is 5.07. The smallest absolute Gasteiger partial charge is 0.418 e. The first-order valence-electron chi connectivity index (χ1n) is 7.99. The molecule has 0 saturated carbocycles. The summed E-state index contributed by atoms with van der Waals surface area (Å²) >= 11 is 0. The van der Waals surface area contributed by atoms with Crippen LogP contribution in [0.15, 0.2) is 0 Å². The Labute approximate surface area is 151 Å². The normalized spacial score (nSPS) is 33.6. The second kappa shape index (κ2) is 6.54. The van der Waals surface area contributed by atoms with Gasteiger partial charge in [0.05, 0.1) is 19.6 Å². The van der Waals surface area contributed by atoms with Crippen LogP contribution in [0, 0.1) is 18.3 Å². The largest absolute Gasteiger partial charge is 0.467 e. The molecule has 0 aromatic heterocycles. The number of hydrogen-bond acceptors (Lipinski definition) is 8. The van der Waals surface area contributed by atoms with E-state index in [1.165, 1.54) is 7.11 Å². The maximum atomic E-state index is 13.0. The van der Waals surface area contributed by atoms with Gasteiger partial charge in [-0.15, -0.1) is 6.42 Å². The predicted molar refractivity (Wildman–Crippen MR) is 86.5 cm³/mol. The fourth-order valence-electron chi connectivity index (χ4n) is 3.48. The monoisotopic (exact) mass is 369 g/mol. The van der Waals surface area contributed by atoms with E-state index in [0.717, 1.165) is 7.11 Å². The van der Waals surface area contributed by atoms with E-state index in [1.54, 1.807) is 20.8 Å². The van der Waals surface area contributed by atoms with E-state index in [-0.39, 0.29) is 6.42 Å². The van der Waals surface area contributed by atoms with Crippen molar-refractivity contribution in [1.29, 1.82) is 0 Å². The molecule has 0 bridgehead atoms. The van der Waals surface area contributed by atoms with E-state index < -0.39 is 53.5 Å². The fraction of sp³-hybridized carbons (Fsp3) is 0.706. The third-order valence-corrected chi connectivity index (χ3v) is 4.56. The zero-order valence-electron chi connectivity index (χ0n) is 15.4.